The van der Waals surface area contributed by atoms with Gasteiger partial charge in [-0.05, 0) is 39.6 Å². The minimum atomic E-state index is 0.684. The van der Waals surface area contributed by atoms with Crippen molar-refractivity contribution in [3.05, 3.63) is 72.9 Å². The molecule has 0 radical (unpaired) electrons. The molecule has 0 saturated heterocycles. The van der Waals surface area contributed by atoms with Crippen LogP contribution in [0.1, 0.15) is 0 Å². The molecule has 39 heavy (non-hydrogen) atoms. The van der Waals surface area contributed by atoms with E-state index in [1.165, 1.54) is 21.9 Å². The van der Waals surface area contributed by atoms with Gasteiger partial charge in [0, 0.05) is 21.9 Å². The second-order valence-electron chi connectivity index (χ2n) is 9.73. The Bertz CT molecular complexity index is 2520. The predicted octanol–water partition coefficient (Wildman–Crippen LogP) is 8.01. The molecule has 0 spiro atoms. The molecule has 7 nitrogen and oxygen atoms in total. The summed E-state index contributed by atoms with van der Waals surface area (Å²) < 4.78 is 24.5. The number of hydrogen-bond donors (Lipinski definition) is 0. The molecule has 5 aromatic carbocycles. The highest BCUT2D eigenvalue weighted by atomic mass is 32.1. The summed E-state index contributed by atoms with van der Waals surface area (Å²) in [6, 6.07) is 23.3. The molecule has 1 aliphatic rings. The van der Waals surface area contributed by atoms with E-state index >= 15 is 0 Å². The largest absolute Gasteiger partial charge is 0.456 e. The molecule has 0 fully saturated rings. The minimum Gasteiger partial charge on any atom is -0.456 e. The molecule has 0 N–H and O–H groups in total. The second-order valence-corrected chi connectivity index (χ2v) is 10.8. The van der Waals surface area contributed by atoms with Crippen LogP contribution in [-0.4, -0.2) is 27.5 Å². The van der Waals surface area contributed by atoms with Crippen LogP contribution in [0.2, 0.25) is 0 Å². The fraction of sp³-hybridized carbons (Fsp3) is 0. The second kappa shape index (κ2) is 6.96. The molecular formula is C30H12N6OS2. The summed E-state index contributed by atoms with van der Waals surface area (Å²) in [6.45, 7) is 0. The van der Waals surface area contributed by atoms with E-state index in [1.54, 1.807) is 0 Å². The van der Waals surface area contributed by atoms with Crippen molar-refractivity contribution in [2.24, 2.45) is 0 Å². The van der Waals surface area contributed by atoms with Crippen molar-refractivity contribution >= 4 is 89.3 Å². The highest BCUT2D eigenvalue weighted by Crippen LogP contribution is 2.54. The lowest BCUT2D eigenvalue weighted by molar-refractivity contribution is 0.669. The van der Waals surface area contributed by atoms with Crippen LogP contribution in [0.3, 0.4) is 0 Å². The Kier molecular flexibility index (Phi) is 3.59. The average Bonchev–Trinajstić information content (AvgIpc) is 3.77. The normalized spacial score (nSPS) is 12.6. The fourth-order valence-corrected chi connectivity index (χ4v) is 7.36. The van der Waals surface area contributed by atoms with Crippen molar-refractivity contribution in [2.45, 2.75) is 0 Å². The lowest BCUT2D eigenvalue weighted by Gasteiger charge is -2.12. The number of para-hydroxylation sites is 1. The minimum absolute atomic E-state index is 0.684. The summed E-state index contributed by atoms with van der Waals surface area (Å²) in [6.07, 6.45) is 1.85. The summed E-state index contributed by atoms with van der Waals surface area (Å²) >= 11 is 2.31. The van der Waals surface area contributed by atoms with Crippen LogP contribution in [-0.2, 0) is 0 Å². The van der Waals surface area contributed by atoms with E-state index in [9.17, 15) is 0 Å². The Morgan fingerprint density at radius 1 is 0.564 bits per heavy atom. The molecule has 1 aliphatic carbocycles. The Labute approximate surface area is 227 Å². The Morgan fingerprint density at radius 3 is 2.10 bits per heavy atom. The van der Waals surface area contributed by atoms with Gasteiger partial charge in [0.25, 0.3) is 0 Å². The molecular weight excluding hydrogens is 525 g/mol. The first-order valence-corrected chi connectivity index (χ1v) is 13.9. The van der Waals surface area contributed by atoms with Crippen LogP contribution in [0.25, 0.3) is 99.3 Å². The number of fused-ring (bicyclic) bond motifs is 12. The highest BCUT2D eigenvalue weighted by molar-refractivity contribution is 7.01. The first-order valence-electron chi connectivity index (χ1n) is 12.4. The quantitative estimate of drug-likeness (QED) is 0.210. The van der Waals surface area contributed by atoms with Crippen molar-refractivity contribution in [1.82, 2.24) is 27.5 Å². The molecule has 9 aromatic rings. The molecule has 180 valence electrons. The van der Waals surface area contributed by atoms with Gasteiger partial charge in [-0.3, -0.25) is 0 Å². The first-order chi connectivity index (χ1) is 19.3. The fourth-order valence-electron chi connectivity index (χ4n) is 6.26. The number of furan rings is 1. The van der Waals surface area contributed by atoms with Crippen LogP contribution < -0.4 is 0 Å². The SMILES string of the molecule is c1cc2c3c(cccc3c1)-c1c-2cc2oc3ccccc3c2c1-c1cnc2c3nsnc3c3nsnc3c2n1. The van der Waals surface area contributed by atoms with Crippen LogP contribution in [0.4, 0.5) is 0 Å². The van der Waals surface area contributed by atoms with E-state index in [2.05, 4.69) is 66.0 Å². The third kappa shape index (κ3) is 2.42. The zero-order valence-electron chi connectivity index (χ0n) is 19.8. The third-order valence-electron chi connectivity index (χ3n) is 7.81. The first kappa shape index (κ1) is 20.1. The van der Waals surface area contributed by atoms with Gasteiger partial charge in [-0.1, -0.05) is 54.6 Å². The van der Waals surface area contributed by atoms with Crippen molar-refractivity contribution < 1.29 is 4.42 Å². The van der Waals surface area contributed by atoms with Gasteiger partial charge >= 0.3 is 0 Å². The standard InChI is InChI=1S/C30H12N6OS2/c1-2-10-19-15(7-1)23-20(37-19)11-17-14-8-3-5-13-6-4-9-16(21(13)14)22(17)24(23)18-12-31-25-26(32-18)28-30(36-39-34-28)29-27(25)33-38-35-29/h1-12H. The highest BCUT2D eigenvalue weighted by Gasteiger charge is 2.29. The zero-order chi connectivity index (χ0) is 25.2. The van der Waals surface area contributed by atoms with Crippen LogP contribution in [0, 0.1) is 0 Å². The van der Waals surface area contributed by atoms with Gasteiger partial charge in [0.05, 0.1) is 35.3 Å². The molecule has 0 bridgehead atoms. The lowest BCUT2D eigenvalue weighted by Crippen LogP contribution is -1.94. The van der Waals surface area contributed by atoms with Crippen molar-refractivity contribution in [3.8, 4) is 33.5 Å². The van der Waals surface area contributed by atoms with Gasteiger partial charge in [0.2, 0.25) is 0 Å². The number of rotatable bonds is 1. The topological polar surface area (TPSA) is 90.5 Å². The smallest absolute Gasteiger partial charge is 0.136 e. The summed E-state index contributed by atoms with van der Waals surface area (Å²) in [7, 11) is 0. The van der Waals surface area contributed by atoms with Crippen LogP contribution >= 0.6 is 23.5 Å². The van der Waals surface area contributed by atoms with E-state index in [4.69, 9.17) is 14.4 Å². The number of hydrogen-bond acceptors (Lipinski definition) is 9. The maximum Gasteiger partial charge on any atom is 0.136 e. The van der Waals surface area contributed by atoms with Crippen molar-refractivity contribution in [3.63, 3.8) is 0 Å². The molecule has 10 rings (SSSR count). The lowest BCUT2D eigenvalue weighted by atomic mass is 9.92. The summed E-state index contributed by atoms with van der Waals surface area (Å²) in [5.41, 5.74) is 12.4. The van der Waals surface area contributed by atoms with Gasteiger partial charge in [-0.25, -0.2) is 9.97 Å². The molecule has 9 heteroatoms. The van der Waals surface area contributed by atoms with Crippen LogP contribution in [0.5, 0.6) is 0 Å². The van der Waals surface area contributed by atoms with E-state index < -0.39 is 0 Å². The third-order valence-corrected chi connectivity index (χ3v) is 8.87. The maximum absolute atomic E-state index is 6.44. The number of aromatic nitrogens is 6. The number of benzene rings is 5. The Hall–Kier alpha value is -4.86. The molecule has 0 amide bonds. The summed E-state index contributed by atoms with van der Waals surface area (Å²) in [4.78, 5) is 10.2. The van der Waals surface area contributed by atoms with Crippen molar-refractivity contribution in [2.75, 3.05) is 0 Å². The Balaban J connectivity index is 1.42. The Morgan fingerprint density at radius 2 is 1.28 bits per heavy atom. The van der Waals surface area contributed by atoms with E-state index in [-0.39, 0.29) is 0 Å². The van der Waals surface area contributed by atoms with Crippen LogP contribution in [0.15, 0.2) is 77.3 Å². The van der Waals surface area contributed by atoms with E-state index in [0.717, 1.165) is 78.8 Å². The molecule has 0 saturated carbocycles. The van der Waals surface area contributed by atoms with Gasteiger partial charge in [-0.15, -0.1) is 0 Å². The van der Waals surface area contributed by atoms with Gasteiger partial charge < -0.3 is 4.42 Å². The maximum atomic E-state index is 6.44. The molecule has 0 atom stereocenters. The van der Waals surface area contributed by atoms with Crippen molar-refractivity contribution in [1.29, 1.82) is 0 Å². The molecule has 0 aliphatic heterocycles. The molecule has 4 aromatic heterocycles. The monoisotopic (exact) mass is 536 g/mol. The predicted molar refractivity (Wildman–Crippen MR) is 156 cm³/mol. The molecule has 0 unspecified atom stereocenters. The summed E-state index contributed by atoms with van der Waals surface area (Å²) in [5, 5.41) is 4.55. The van der Waals surface area contributed by atoms with Gasteiger partial charge in [0.15, 0.2) is 0 Å². The van der Waals surface area contributed by atoms with Gasteiger partial charge in [-0.2, -0.15) is 17.5 Å². The van der Waals surface area contributed by atoms with E-state index in [1.807, 2.05) is 24.4 Å². The summed E-state index contributed by atoms with van der Waals surface area (Å²) in [5.74, 6) is 0. The average molecular weight is 537 g/mol. The molecule has 4 heterocycles. The zero-order valence-corrected chi connectivity index (χ0v) is 21.5. The number of nitrogens with zero attached hydrogens (tertiary/aromatic N) is 6. The van der Waals surface area contributed by atoms with Gasteiger partial charge in [0.1, 0.15) is 44.3 Å². The van der Waals surface area contributed by atoms with E-state index in [0.29, 0.717) is 22.1 Å².